The van der Waals surface area contributed by atoms with Crippen molar-refractivity contribution < 1.29 is 9.53 Å². The Kier molecular flexibility index (Phi) is 6.88. The van der Waals surface area contributed by atoms with Gasteiger partial charge in [-0.05, 0) is 36.1 Å². The Hall–Kier alpha value is -1.89. The fraction of sp³-hybridized carbons (Fsp3) is 0.600. The number of aliphatic imine (C=N–C) groups is 1. The third-order valence-corrected chi connectivity index (χ3v) is 6.51. The Labute approximate surface area is 166 Å². The summed E-state index contributed by atoms with van der Waals surface area (Å²) in [6.07, 6.45) is 1.31. The average Bonchev–Trinajstić information content (AvgIpc) is 2.68. The molecule has 6 nitrogen and oxygen atoms in total. The first-order valence-electron chi connectivity index (χ1n) is 9.69. The Morgan fingerprint density at radius 2 is 2.30 bits per heavy atom. The van der Waals surface area contributed by atoms with Crippen LogP contribution in [0.2, 0.25) is 0 Å². The van der Waals surface area contributed by atoms with Gasteiger partial charge < -0.3 is 20.3 Å². The van der Waals surface area contributed by atoms with Crippen molar-refractivity contribution in [2.75, 3.05) is 44.4 Å². The van der Waals surface area contributed by atoms with Gasteiger partial charge in [-0.15, -0.1) is 0 Å². The highest BCUT2D eigenvalue weighted by Gasteiger charge is 2.24. The molecule has 3 rings (SSSR count). The number of carbonyl (C=O) groups excluding carboxylic acids is 1. The normalized spacial score (nSPS) is 20.3. The molecule has 0 aliphatic carbocycles. The van der Waals surface area contributed by atoms with Crippen molar-refractivity contribution in [2.45, 2.75) is 31.9 Å². The fourth-order valence-corrected chi connectivity index (χ4v) is 4.68. The van der Waals surface area contributed by atoms with Gasteiger partial charge in [-0.25, -0.2) is 0 Å². The smallest absolute Gasteiger partial charge is 0.224 e. The summed E-state index contributed by atoms with van der Waals surface area (Å²) in [5.74, 6) is 3.70. The molecule has 1 aromatic rings. The highest BCUT2D eigenvalue weighted by atomic mass is 32.2. The van der Waals surface area contributed by atoms with Gasteiger partial charge in [-0.3, -0.25) is 9.79 Å². The summed E-state index contributed by atoms with van der Waals surface area (Å²) in [6, 6.07) is 5.86. The van der Waals surface area contributed by atoms with Gasteiger partial charge in [0.25, 0.3) is 0 Å². The lowest BCUT2D eigenvalue weighted by Crippen LogP contribution is -2.49. The maximum Gasteiger partial charge on any atom is 0.224 e. The number of nitrogens with one attached hydrogen (secondary N) is 2. The van der Waals surface area contributed by atoms with E-state index in [1.54, 1.807) is 0 Å². The van der Waals surface area contributed by atoms with Crippen LogP contribution in [0.5, 0.6) is 5.75 Å². The van der Waals surface area contributed by atoms with Crippen molar-refractivity contribution in [3.8, 4) is 5.75 Å². The largest absolute Gasteiger partial charge is 0.492 e. The van der Waals surface area contributed by atoms with E-state index in [9.17, 15) is 4.79 Å². The van der Waals surface area contributed by atoms with Crippen LogP contribution in [0.1, 0.15) is 25.8 Å². The molecule has 1 atom stereocenters. The molecule has 0 aromatic heterocycles. The number of nitrogens with zero attached hydrogens (tertiary/aromatic N) is 2. The maximum atomic E-state index is 11.4. The number of hydrogen-bond acceptors (Lipinski definition) is 4. The van der Waals surface area contributed by atoms with Crippen LogP contribution < -0.4 is 15.4 Å². The molecule has 2 aliphatic rings. The Balaban J connectivity index is 1.46. The zero-order valence-electron chi connectivity index (χ0n) is 16.5. The van der Waals surface area contributed by atoms with Gasteiger partial charge in [-0.2, -0.15) is 11.8 Å². The standard InChI is InChI=1S/C20H30N4O2S/c1-14(2)18-13-24(9-11-27-18)20(21-3)22-8-10-26-16-5-6-17-15(12-16)4-7-19(25)23-17/h5-6,12,14,18H,4,7-11,13H2,1-3H3,(H,21,22)(H,23,25). The van der Waals surface area contributed by atoms with Crippen molar-refractivity contribution in [1.82, 2.24) is 10.2 Å². The van der Waals surface area contributed by atoms with Crippen LogP contribution in [0.4, 0.5) is 5.69 Å². The van der Waals surface area contributed by atoms with Crippen LogP contribution in [0.25, 0.3) is 0 Å². The lowest BCUT2D eigenvalue weighted by atomic mass is 10.0. The van der Waals surface area contributed by atoms with Gasteiger partial charge >= 0.3 is 0 Å². The van der Waals surface area contributed by atoms with Gasteiger partial charge in [0.1, 0.15) is 12.4 Å². The number of aryl methyl sites for hydroxylation is 1. The van der Waals surface area contributed by atoms with E-state index < -0.39 is 0 Å². The highest BCUT2D eigenvalue weighted by molar-refractivity contribution is 8.00. The predicted octanol–water partition coefficient (Wildman–Crippen LogP) is 2.60. The Bertz CT molecular complexity index is 693. The summed E-state index contributed by atoms with van der Waals surface area (Å²) in [5, 5.41) is 6.97. The molecule has 1 aromatic carbocycles. The molecule has 0 saturated carbocycles. The molecule has 0 spiro atoms. The number of rotatable bonds is 5. The van der Waals surface area contributed by atoms with Crippen molar-refractivity contribution >= 4 is 29.3 Å². The number of amides is 1. The molecule has 1 fully saturated rings. The molecule has 1 saturated heterocycles. The first-order valence-corrected chi connectivity index (χ1v) is 10.7. The molecule has 27 heavy (non-hydrogen) atoms. The topological polar surface area (TPSA) is 66.0 Å². The van der Waals surface area contributed by atoms with Gasteiger partial charge in [0.15, 0.2) is 5.96 Å². The van der Waals surface area contributed by atoms with E-state index in [0.717, 1.165) is 48.2 Å². The minimum absolute atomic E-state index is 0.0857. The van der Waals surface area contributed by atoms with E-state index in [1.807, 2.05) is 25.2 Å². The van der Waals surface area contributed by atoms with E-state index >= 15 is 0 Å². The Morgan fingerprint density at radius 1 is 1.44 bits per heavy atom. The molecular weight excluding hydrogens is 360 g/mol. The van der Waals surface area contributed by atoms with Crippen LogP contribution in [-0.2, 0) is 11.2 Å². The monoisotopic (exact) mass is 390 g/mol. The van der Waals surface area contributed by atoms with E-state index in [-0.39, 0.29) is 5.91 Å². The number of thioether (sulfide) groups is 1. The van der Waals surface area contributed by atoms with Crippen LogP contribution in [0.3, 0.4) is 0 Å². The van der Waals surface area contributed by atoms with E-state index in [4.69, 9.17) is 4.74 Å². The second-order valence-corrected chi connectivity index (χ2v) is 8.64. The number of carbonyl (C=O) groups is 1. The quantitative estimate of drug-likeness (QED) is 0.460. The zero-order valence-corrected chi connectivity index (χ0v) is 17.3. The summed E-state index contributed by atoms with van der Waals surface area (Å²) in [7, 11) is 1.84. The second kappa shape index (κ2) is 9.35. The number of anilines is 1. The molecule has 148 valence electrons. The van der Waals surface area contributed by atoms with E-state index in [1.165, 1.54) is 0 Å². The van der Waals surface area contributed by atoms with Crippen LogP contribution in [0.15, 0.2) is 23.2 Å². The summed E-state index contributed by atoms with van der Waals surface area (Å²) < 4.78 is 5.89. The zero-order chi connectivity index (χ0) is 19.2. The van der Waals surface area contributed by atoms with Gasteiger partial charge in [0.2, 0.25) is 5.91 Å². The predicted molar refractivity (Wildman–Crippen MR) is 113 cm³/mol. The van der Waals surface area contributed by atoms with E-state index in [0.29, 0.717) is 30.7 Å². The van der Waals surface area contributed by atoms with Crippen molar-refractivity contribution in [3.05, 3.63) is 23.8 Å². The summed E-state index contributed by atoms with van der Waals surface area (Å²) in [5.41, 5.74) is 2.04. The molecule has 2 N–H and O–H groups in total. The van der Waals surface area contributed by atoms with Gasteiger partial charge in [-0.1, -0.05) is 13.8 Å². The molecule has 0 bridgehead atoms. The van der Waals surface area contributed by atoms with E-state index in [2.05, 4.69) is 46.1 Å². The molecule has 7 heteroatoms. The summed E-state index contributed by atoms with van der Waals surface area (Å²) >= 11 is 2.06. The number of guanidine groups is 1. The number of benzene rings is 1. The van der Waals surface area contributed by atoms with Gasteiger partial charge in [0, 0.05) is 43.2 Å². The molecule has 1 unspecified atom stereocenters. The lowest BCUT2D eigenvalue weighted by Gasteiger charge is -2.36. The Morgan fingerprint density at radius 3 is 3.07 bits per heavy atom. The van der Waals surface area contributed by atoms with Crippen molar-refractivity contribution in [3.63, 3.8) is 0 Å². The summed E-state index contributed by atoms with van der Waals surface area (Å²) in [6.45, 7) is 7.92. The molecule has 2 aliphatic heterocycles. The van der Waals surface area contributed by atoms with Crippen LogP contribution >= 0.6 is 11.8 Å². The van der Waals surface area contributed by atoms with Crippen molar-refractivity contribution in [1.29, 1.82) is 0 Å². The van der Waals surface area contributed by atoms with Crippen LogP contribution in [0, 0.1) is 5.92 Å². The van der Waals surface area contributed by atoms with Crippen LogP contribution in [-0.4, -0.2) is 61.1 Å². The SMILES string of the molecule is CN=C(NCCOc1ccc2c(c1)CCC(=O)N2)N1CCSC(C(C)C)C1. The third-order valence-electron chi connectivity index (χ3n) is 4.97. The fourth-order valence-electron chi connectivity index (χ4n) is 3.38. The lowest BCUT2D eigenvalue weighted by molar-refractivity contribution is -0.116. The number of ether oxygens (including phenoxy) is 1. The number of fused-ring (bicyclic) bond motifs is 1. The molecular formula is C20H30N4O2S. The average molecular weight is 391 g/mol. The minimum Gasteiger partial charge on any atom is -0.492 e. The third kappa shape index (κ3) is 5.31. The van der Waals surface area contributed by atoms with Crippen molar-refractivity contribution in [2.24, 2.45) is 10.9 Å². The summed E-state index contributed by atoms with van der Waals surface area (Å²) in [4.78, 5) is 18.2. The first kappa shape index (κ1) is 19.9. The maximum absolute atomic E-state index is 11.4. The molecule has 0 radical (unpaired) electrons. The van der Waals surface area contributed by atoms with Gasteiger partial charge in [0.05, 0.1) is 6.54 Å². The molecule has 1 amide bonds. The first-order chi connectivity index (χ1) is 13.1. The minimum atomic E-state index is 0.0857. The molecule has 2 heterocycles. The number of hydrogen-bond donors (Lipinski definition) is 2. The second-order valence-electron chi connectivity index (χ2n) is 7.29. The highest BCUT2D eigenvalue weighted by Crippen LogP contribution is 2.27.